The van der Waals surface area contributed by atoms with E-state index in [1.807, 2.05) is 0 Å². The molecule has 0 aliphatic rings. The molecule has 0 saturated heterocycles. The number of phenols is 1. The van der Waals surface area contributed by atoms with Crippen molar-refractivity contribution in [3.8, 4) is 5.75 Å². The van der Waals surface area contributed by atoms with Gasteiger partial charge in [-0.25, -0.2) is 0 Å². The summed E-state index contributed by atoms with van der Waals surface area (Å²) < 4.78 is 0. The zero-order valence-electron chi connectivity index (χ0n) is 8.03. The summed E-state index contributed by atoms with van der Waals surface area (Å²) in [5.74, 6) is -0.133. The van der Waals surface area contributed by atoms with Gasteiger partial charge < -0.3 is 15.3 Å². The van der Waals surface area contributed by atoms with E-state index in [4.69, 9.17) is 11.6 Å². The van der Waals surface area contributed by atoms with Gasteiger partial charge in [0.05, 0.1) is 17.2 Å². The van der Waals surface area contributed by atoms with Gasteiger partial charge in [-0.3, -0.25) is 0 Å². The molecule has 2 unspecified atom stereocenters. The minimum atomic E-state index is -0.814. The normalized spacial score (nSPS) is 15.2. The van der Waals surface area contributed by atoms with Gasteiger partial charge in [0.25, 0.3) is 0 Å². The molecular weight excluding hydrogens is 204 g/mol. The highest BCUT2D eigenvalue weighted by Crippen LogP contribution is 2.34. The van der Waals surface area contributed by atoms with Gasteiger partial charge in [0.1, 0.15) is 5.75 Å². The van der Waals surface area contributed by atoms with E-state index in [1.165, 1.54) is 19.1 Å². The Morgan fingerprint density at radius 1 is 1.14 bits per heavy atom. The van der Waals surface area contributed by atoms with Crippen LogP contribution in [0.2, 0.25) is 5.02 Å². The van der Waals surface area contributed by atoms with E-state index >= 15 is 0 Å². The fourth-order valence-corrected chi connectivity index (χ4v) is 1.44. The van der Waals surface area contributed by atoms with E-state index in [0.717, 1.165) is 0 Å². The second-order valence-electron chi connectivity index (χ2n) is 3.29. The van der Waals surface area contributed by atoms with Crippen molar-refractivity contribution in [3.05, 3.63) is 28.3 Å². The Labute approximate surface area is 87.6 Å². The van der Waals surface area contributed by atoms with Gasteiger partial charge in [0.2, 0.25) is 0 Å². The van der Waals surface area contributed by atoms with Crippen LogP contribution in [0.5, 0.6) is 5.75 Å². The van der Waals surface area contributed by atoms with Crippen molar-refractivity contribution in [1.29, 1.82) is 0 Å². The van der Waals surface area contributed by atoms with E-state index < -0.39 is 12.2 Å². The minimum Gasteiger partial charge on any atom is -0.506 e. The van der Waals surface area contributed by atoms with Crippen LogP contribution in [0.3, 0.4) is 0 Å². The first-order chi connectivity index (χ1) is 6.43. The van der Waals surface area contributed by atoms with Crippen LogP contribution < -0.4 is 0 Å². The Morgan fingerprint density at radius 3 is 2.14 bits per heavy atom. The van der Waals surface area contributed by atoms with Crippen molar-refractivity contribution in [2.45, 2.75) is 26.1 Å². The Morgan fingerprint density at radius 2 is 1.71 bits per heavy atom. The Balaban J connectivity index is 3.28. The Hall–Kier alpha value is -0.770. The third-order valence-corrected chi connectivity index (χ3v) is 2.34. The molecule has 3 nitrogen and oxygen atoms in total. The molecule has 14 heavy (non-hydrogen) atoms. The fourth-order valence-electron chi connectivity index (χ4n) is 1.20. The number of benzene rings is 1. The molecule has 0 heterocycles. The fraction of sp³-hybridized carbons (Fsp3) is 0.400. The molecule has 0 aromatic heterocycles. The van der Waals surface area contributed by atoms with Gasteiger partial charge in [0.15, 0.2) is 0 Å². The van der Waals surface area contributed by atoms with E-state index in [2.05, 4.69) is 0 Å². The van der Waals surface area contributed by atoms with Crippen molar-refractivity contribution in [3.63, 3.8) is 0 Å². The molecule has 4 heteroatoms. The smallest absolute Gasteiger partial charge is 0.139 e. The monoisotopic (exact) mass is 216 g/mol. The van der Waals surface area contributed by atoms with Crippen molar-refractivity contribution in [2.24, 2.45) is 0 Å². The van der Waals surface area contributed by atoms with Crippen LogP contribution in [-0.4, -0.2) is 15.3 Å². The van der Waals surface area contributed by atoms with Crippen LogP contribution in [-0.2, 0) is 0 Å². The number of halogens is 1. The maximum Gasteiger partial charge on any atom is 0.139 e. The van der Waals surface area contributed by atoms with Crippen LogP contribution in [0.1, 0.15) is 37.2 Å². The third-order valence-electron chi connectivity index (χ3n) is 2.05. The van der Waals surface area contributed by atoms with Gasteiger partial charge in [-0.1, -0.05) is 11.6 Å². The quantitative estimate of drug-likeness (QED) is 0.710. The standard InChI is InChI=1S/C10H13ClO3/c1-5(12)7-3-8(6(2)13)10(14)9(11)4-7/h3-6,12-14H,1-2H3. The first kappa shape index (κ1) is 11.3. The van der Waals surface area contributed by atoms with Crippen molar-refractivity contribution >= 4 is 11.6 Å². The molecule has 0 amide bonds. The summed E-state index contributed by atoms with van der Waals surface area (Å²) in [5.41, 5.74) is 0.900. The zero-order chi connectivity index (χ0) is 10.9. The highest BCUT2D eigenvalue weighted by atomic mass is 35.5. The van der Waals surface area contributed by atoms with Crippen LogP contribution in [0, 0.1) is 0 Å². The maximum absolute atomic E-state index is 9.50. The Kier molecular flexibility index (Phi) is 3.37. The van der Waals surface area contributed by atoms with E-state index in [-0.39, 0.29) is 10.8 Å². The summed E-state index contributed by atoms with van der Waals surface area (Å²) >= 11 is 5.73. The molecule has 0 spiro atoms. The SMILES string of the molecule is CC(O)c1cc(Cl)c(O)c(C(C)O)c1. The van der Waals surface area contributed by atoms with Crippen LogP contribution in [0.25, 0.3) is 0 Å². The summed E-state index contributed by atoms with van der Waals surface area (Å²) in [6, 6.07) is 3.02. The van der Waals surface area contributed by atoms with E-state index in [1.54, 1.807) is 6.92 Å². The maximum atomic E-state index is 9.50. The van der Waals surface area contributed by atoms with Crippen LogP contribution in [0.4, 0.5) is 0 Å². The van der Waals surface area contributed by atoms with Gasteiger partial charge in [0, 0.05) is 5.56 Å². The van der Waals surface area contributed by atoms with Crippen molar-refractivity contribution in [1.82, 2.24) is 0 Å². The van der Waals surface area contributed by atoms with Crippen LogP contribution >= 0.6 is 11.6 Å². The molecule has 78 valence electrons. The van der Waals surface area contributed by atoms with Gasteiger partial charge in [-0.2, -0.15) is 0 Å². The third kappa shape index (κ3) is 2.18. The summed E-state index contributed by atoms with van der Waals surface area (Å²) in [5, 5.41) is 28.3. The minimum absolute atomic E-state index is 0.133. The average molecular weight is 217 g/mol. The van der Waals surface area contributed by atoms with Crippen LogP contribution in [0.15, 0.2) is 12.1 Å². The number of rotatable bonds is 2. The van der Waals surface area contributed by atoms with Crippen molar-refractivity contribution in [2.75, 3.05) is 0 Å². The second kappa shape index (κ2) is 4.17. The lowest BCUT2D eigenvalue weighted by Gasteiger charge is -2.13. The highest BCUT2D eigenvalue weighted by Gasteiger charge is 2.14. The number of aliphatic hydroxyl groups excluding tert-OH is 2. The highest BCUT2D eigenvalue weighted by molar-refractivity contribution is 6.32. The second-order valence-corrected chi connectivity index (χ2v) is 3.70. The molecule has 0 bridgehead atoms. The molecule has 3 N–H and O–H groups in total. The molecule has 2 atom stereocenters. The predicted octanol–water partition coefficient (Wildman–Crippen LogP) is 2.15. The van der Waals surface area contributed by atoms with E-state index in [0.29, 0.717) is 11.1 Å². The molecule has 1 aromatic rings. The molecule has 1 rings (SSSR count). The summed E-state index contributed by atoms with van der Waals surface area (Å²) in [7, 11) is 0. The number of phenolic OH excluding ortho intramolecular Hbond substituents is 1. The van der Waals surface area contributed by atoms with Gasteiger partial charge in [-0.15, -0.1) is 0 Å². The molecule has 0 aliphatic heterocycles. The first-order valence-electron chi connectivity index (χ1n) is 4.32. The summed E-state index contributed by atoms with van der Waals surface area (Å²) in [6.45, 7) is 3.12. The molecular formula is C10H13ClO3. The molecule has 0 fully saturated rings. The van der Waals surface area contributed by atoms with Gasteiger partial charge in [-0.05, 0) is 31.5 Å². The topological polar surface area (TPSA) is 60.7 Å². The number of aromatic hydroxyl groups is 1. The lowest BCUT2D eigenvalue weighted by Crippen LogP contribution is -1.97. The summed E-state index contributed by atoms with van der Waals surface area (Å²) in [4.78, 5) is 0. The van der Waals surface area contributed by atoms with E-state index in [9.17, 15) is 15.3 Å². The lowest BCUT2D eigenvalue weighted by molar-refractivity contribution is 0.189. The number of hydrogen-bond donors (Lipinski definition) is 3. The number of hydrogen-bond acceptors (Lipinski definition) is 3. The molecule has 0 saturated carbocycles. The van der Waals surface area contributed by atoms with Crippen molar-refractivity contribution < 1.29 is 15.3 Å². The zero-order valence-corrected chi connectivity index (χ0v) is 8.78. The molecule has 0 radical (unpaired) electrons. The largest absolute Gasteiger partial charge is 0.506 e. The summed E-state index contributed by atoms with van der Waals surface area (Å²) in [6.07, 6.45) is -1.49. The average Bonchev–Trinajstić information content (AvgIpc) is 2.08. The first-order valence-corrected chi connectivity index (χ1v) is 4.69. The molecule has 0 aliphatic carbocycles. The number of aliphatic hydroxyl groups is 2. The van der Waals surface area contributed by atoms with Gasteiger partial charge >= 0.3 is 0 Å². The Bertz CT molecular complexity index is 334. The molecule has 1 aromatic carbocycles. The lowest BCUT2D eigenvalue weighted by atomic mass is 10.0. The predicted molar refractivity (Wildman–Crippen MR) is 54.4 cm³/mol.